The fraction of sp³-hybridized carbons (Fsp3) is 0.587. The van der Waals surface area contributed by atoms with E-state index in [1.807, 2.05) is 36.2 Å². The molecule has 2 aliphatic heterocycles. The molecule has 10 rings (SSSR count). The Morgan fingerprint density at radius 2 is 1.64 bits per heavy atom. The lowest BCUT2D eigenvalue weighted by Crippen LogP contribution is -2.50. The second-order valence-corrected chi connectivity index (χ2v) is 19.6. The van der Waals surface area contributed by atoms with Crippen LogP contribution in [0, 0.1) is 36.0 Å². The number of likely N-dealkylation sites (tertiary alicyclic amines) is 1. The number of amides is 2. The molecule has 4 bridgehead atoms. The number of hydrogen-bond donors (Lipinski definition) is 2. The van der Waals surface area contributed by atoms with Crippen molar-refractivity contribution in [2.24, 2.45) is 29.1 Å². The highest BCUT2D eigenvalue weighted by molar-refractivity contribution is 7.98. The molecule has 0 unspecified atom stereocenters. The molecule has 12 heteroatoms. The topological polar surface area (TPSA) is 119 Å². The third kappa shape index (κ3) is 7.95. The first kappa shape index (κ1) is 39.3. The van der Waals surface area contributed by atoms with Crippen molar-refractivity contribution in [2.75, 3.05) is 57.0 Å². The number of rotatable bonds is 11. The van der Waals surface area contributed by atoms with Gasteiger partial charge in [-0.2, -0.15) is 5.10 Å². The van der Waals surface area contributed by atoms with E-state index in [9.17, 15) is 14.4 Å². The summed E-state index contributed by atoms with van der Waals surface area (Å²) < 4.78 is 1.94. The highest BCUT2D eigenvalue weighted by Gasteiger charge is 2.51. The average Bonchev–Trinajstić information content (AvgIpc) is 3.64. The first-order chi connectivity index (χ1) is 28.0. The number of nitrogens with one attached hydrogen (secondary N) is 2. The van der Waals surface area contributed by atoms with E-state index >= 15 is 0 Å². The average molecular weight is 805 g/mol. The predicted octanol–water partition coefficient (Wildman–Crippen LogP) is 7.29. The minimum absolute atomic E-state index is 0.107. The molecule has 58 heavy (non-hydrogen) atoms. The Labute approximate surface area is 346 Å². The molecule has 308 valence electrons. The second-order valence-electron chi connectivity index (χ2n) is 18.8. The summed E-state index contributed by atoms with van der Waals surface area (Å²) in [6, 6.07) is 10.2. The van der Waals surface area contributed by atoms with E-state index in [4.69, 9.17) is 4.98 Å². The number of H-pyrrole nitrogens is 1. The van der Waals surface area contributed by atoms with Crippen molar-refractivity contribution < 1.29 is 9.59 Å². The molecule has 5 heterocycles. The van der Waals surface area contributed by atoms with Crippen molar-refractivity contribution in [1.29, 1.82) is 0 Å². The molecule has 3 aromatic heterocycles. The van der Waals surface area contributed by atoms with Crippen molar-refractivity contribution in [3.63, 3.8) is 0 Å². The number of piperazine rings is 1. The Bertz CT molecular complexity index is 2180. The van der Waals surface area contributed by atoms with E-state index in [0.29, 0.717) is 28.4 Å². The maximum absolute atomic E-state index is 13.8. The Kier molecular flexibility index (Phi) is 10.9. The zero-order valence-corrected chi connectivity index (χ0v) is 35.6. The number of anilines is 1. The summed E-state index contributed by atoms with van der Waals surface area (Å²) in [5, 5.41) is 8.43. The van der Waals surface area contributed by atoms with Crippen molar-refractivity contribution in [3.05, 3.63) is 69.9 Å². The maximum Gasteiger partial charge on any atom is 0.254 e. The molecule has 4 aromatic rings. The summed E-state index contributed by atoms with van der Waals surface area (Å²) in [7, 11) is 0. The van der Waals surface area contributed by atoms with Crippen LogP contribution in [0.1, 0.15) is 99.3 Å². The van der Waals surface area contributed by atoms with Gasteiger partial charge in [0.2, 0.25) is 5.91 Å². The Hall–Kier alpha value is -4.16. The highest BCUT2D eigenvalue weighted by Crippen LogP contribution is 2.61. The number of thioether (sulfide) groups is 1. The van der Waals surface area contributed by atoms with Crippen LogP contribution < -0.4 is 15.8 Å². The number of aromatic nitrogens is 4. The van der Waals surface area contributed by atoms with Crippen molar-refractivity contribution >= 4 is 40.3 Å². The molecule has 0 radical (unpaired) electrons. The van der Waals surface area contributed by atoms with Gasteiger partial charge in [-0.15, -0.1) is 11.8 Å². The van der Waals surface area contributed by atoms with Crippen LogP contribution in [0.3, 0.4) is 0 Å². The molecule has 2 N–H and O–H groups in total. The number of piperidine rings is 1. The lowest BCUT2D eigenvalue weighted by Gasteiger charge is -2.57. The van der Waals surface area contributed by atoms with Crippen molar-refractivity contribution in [3.8, 4) is 11.1 Å². The minimum Gasteiger partial charge on any atom is -0.354 e. The van der Waals surface area contributed by atoms with Gasteiger partial charge >= 0.3 is 0 Å². The molecule has 4 aliphatic carbocycles. The van der Waals surface area contributed by atoms with Gasteiger partial charge in [0.25, 0.3) is 11.5 Å². The molecule has 11 nitrogen and oxygen atoms in total. The van der Waals surface area contributed by atoms with Gasteiger partial charge in [0.1, 0.15) is 5.82 Å². The number of aromatic amines is 1. The molecule has 0 atom stereocenters. The van der Waals surface area contributed by atoms with Gasteiger partial charge in [0.05, 0.1) is 17.3 Å². The van der Waals surface area contributed by atoms with Gasteiger partial charge in [-0.25, -0.2) is 4.98 Å². The van der Waals surface area contributed by atoms with Crippen LogP contribution in [0.25, 0.3) is 22.0 Å². The Morgan fingerprint density at radius 3 is 2.28 bits per heavy atom. The molecule has 6 fully saturated rings. The molecule has 1 aromatic carbocycles. The van der Waals surface area contributed by atoms with Crippen molar-refractivity contribution in [1.82, 2.24) is 34.9 Å². The van der Waals surface area contributed by atoms with Gasteiger partial charge in [-0.3, -0.25) is 24.0 Å². The van der Waals surface area contributed by atoms with E-state index in [1.165, 1.54) is 50.3 Å². The first-order valence-corrected chi connectivity index (χ1v) is 23.0. The SMILES string of the molecule is CSc1cc(C)[nH]c(=O)c1CNC(=O)c1cc(-c2ccc(N3CCN(CC4CCN(C(=O)CC56CC7CC(CC(C7)C5)C6)CC4)CC3)nc2)cc2c1cnn2C(C)C. The molecule has 0 spiro atoms. The van der Waals surface area contributed by atoms with Gasteiger partial charge < -0.3 is 20.1 Å². The standard InChI is InChI=1S/C46H60N8O3S/c1-29(2)54-40-20-36(19-37(38(40)27-49-54)44(56)48-26-39-41(58-4)15-30(3)50-45(39)57)35-5-6-42(47-25-35)52-13-11-51(12-14-52)28-31-7-9-53(10-8-31)43(55)24-46-21-32-16-33(22-46)18-34(17-32)23-46/h5-6,15,19-20,25,27,29,31-34H,7-14,16-18,21-24,26,28H2,1-4H3,(H,48,56)(H,50,57). The molecule has 6 aliphatic rings. The smallest absolute Gasteiger partial charge is 0.254 e. The molecular weight excluding hydrogens is 745 g/mol. The predicted molar refractivity (Wildman–Crippen MR) is 231 cm³/mol. The number of benzene rings is 1. The van der Waals surface area contributed by atoms with Gasteiger partial charge in [-0.05, 0) is 143 Å². The zero-order chi connectivity index (χ0) is 40.1. The number of carbonyl (C=O) groups is 2. The van der Waals surface area contributed by atoms with Gasteiger partial charge in [-0.1, -0.05) is 0 Å². The summed E-state index contributed by atoms with van der Waals surface area (Å²) >= 11 is 1.50. The lowest BCUT2D eigenvalue weighted by atomic mass is 9.49. The minimum atomic E-state index is -0.254. The summed E-state index contributed by atoms with van der Waals surface area (Å²) in [5.41, 5.74) is 4.70. The number of fused-ring (bicyclic) bond motifs is 1. The Balaban J connectivity index is 0.800. The lowest BCUT2D eigenvalue weighted by molar-refractivity contribution is -0.141. The number of carbonyl (C=O) groups excluding carboxylic acids is 2. The number of pyridine rings is 2. The zero-order valence-electron chi connectivity index (χ0n) is 34.8. The van der Waals surface area contributed by atoms with Gasteiger partial charge in [0.15, 0.2) is 0 Å². The van der Waals surface area contributed by atoms with Crippen LogP contribution in [-0.2, 0) is 11.3 Å². The molecule has 2 amide bonds. The van der Waals surface area contributed by atoms with E-state index in [-0.39, 0.29) is 24.1 Å². The summed E-state index contributed by atoms with van der Waals surface area (Å²) in [6.45, 7) is 13.0. The highest BCUT2D eigenvalue weighted by atomic mass is 32.2. The molecular formula is C46H60N8O3S. The van der Waals surface area contributed by atoms with Gasteiger partial charge in [0, 0.05) is 98.1 Å². The van der Waals surface area contributed by atoms with Crippen LogP contribution in [-0.4, -0.2) is 93.4 Å². The van der Waals surface area contributed by atoms with E-state index in [1.54, 1.807) is 6.20 Å². The fourth-order valence-electron chi connectivity index (χ4n) is 11.8. The second kappa shape index (κ2) is 16.1. The van der Waals surface area contributed by atoms with Crippen LogP contribution in [0.15, 0.2) is 52.4 Å². The van der Waals surface area contributed by atoms with E-state index in [0.717, 1.165) is 121 Å². The monoisotopic (exact) mass is 804 g/mol. The first-order valence-electron chi connectivity index (χ1n) is 21.8. The largest absolute Gasteiger partial charge is 0.354 e. The number of hydrogen-bond acceptors (Lipinski definition) is 8. The van der Waals surface area contributed by atoms with Crippen LogP contribution in [0.5, 0.6) is 0 Å². The van der Waals surface area contributed by atoms with Crippen LogP contribution >= 0.6 is 11.8 Å². The van der Waals surface area contributed by atoms with E-state index < -0.39 is 0 Å². The molecule has 2 saturated heterocycles. The van der Waals surface area contributed by atoms with Crippen molar-refractivity contribution in [2.45, 2.75) is 96.0 Å². The summed E-state index contributed by atoms with van der Waals surface area (Å²) in [6.07, 6.45) is 16.9. The quantitative estimate of drug-likeness (QED) is 0.152. The Morgan fingerprint density at radius 1 is 0.931 bits per heavy atom. The van der Waals surface area contributed by atoms with E-state index in [2.05, 4.69) is 62.1 Å². The fourth-order valence-corrected chi connectivity index (χ4v) is 12.5. The van der Waals surface area contributed by atoms with Crippen LogP contribution in [0.4, 0.5) is 5.82 Å². The third-order valence-electron chi connectivity index (χ3n) is 14.3. The normalized spacial score (nSPS) is 24.9. The summed E-state index contributed by atoms with van der Waals surface area (Å²) in [5.74, 6) is 4.51. The van der Waals surface area contributed by atoms with Crippen LogP contribution in [0.2, 0.25) is 0 Å². The number of aryl methyl sites for hydroxylation is 1. The molecule has 4 saturated carbocycles. The third-order valence-corrected chi connectivity index (χ3v) is 15.1. The number of nitrogens with zero attached hydrogens (tertiary/aromatic N) is 6. The maximum atomic E-state index is 13.8. The summed E-state index contributed by atoms with van der Waals surface area (Å²) in [4.78, 5) is 56.0.